The number of aryl methyl sites for hydroxylation is 1. The molecule has 3 aromatic carbocycles. The summed E-state index contributed by atoms with van der Waals surface area (Å²) in [5.41, 5.74) is 6.84. The third-order valence-corrected chi connectivity index (χ3v) is 6.35. The van der Waals surface area contributed by atoms with Crippen molar-refractivity contribution in [2.24, 2.45) is 5.10 Å². The van der Waals surface area contributed by atoms with Crippen molar-refractivity contribution in [2.75, 3.05) is 36.1 Å². The van der Waals surface area contributed by atoms with Crippen molar-refractivity contribution in [2.45, 2.75) is 13.8 Å². The normalized spacial score (nSPS) is 17.9. The second kappa shape index (κ2) is 8.94. The average molecular weight is 437 g/mol. The number of para-hydroxylation sites is 2. The van der Waals surface area contributed by atoms with Crippen LogP contribution in [0.3, 0.4) is 0 Å². The van der Waals surface area contributed by atoms with Crippen molar-refractivity contribution >= 4 is 28.7 Å². The first-order chi connectivity index (χ1) is 16.1. The molecule has 5 heteroatoms. The van der Waals surface area contributed by atoms with Gasteiger partial charge >= 0.3 is 0 Å². The van der Waals surface area contributed by atoms with Crippen LogP contribution in [0.2, 0.25) is 0 Å². The first-order valence-corrected chi connectivity index (χ1v) is 11.4. The maximum absolute atomic E-state index is 13.6. The van der Waals surface area contributed by atoms with Gasteiger partial charge in [-0.1, -0.05) is 66.7 Å². The fourth-order valence-electron chi connectivity index (χ4n) is 4.69. The molecule has 1 fully saturated rings. The lowest BCUT2D eigenvalue weighted by atomic mass is 10.0. The van der Waals surface area contributed by atoms with Crippen LogP contribution in [0.5, 0.6) is 0 Å². The molecule has 2 aliphatic heterocycles. The van der Waals surface area contributed by atoms with Gasteiger partial charge in [-0.05, 0) is 43.2 Å². The molecular weight excluding hydrogens is 408 g/mol. The van der Waals surface area contributed by atoms with Gasteiger partial charge in [0.2, 0.25) is 0 Å². The minimum absolute atomic E-state index is 0.0705. The summed E-state index contributed by atoms with van der Waals surface area (Å²) >= 11 is 0. The molecule has 5 nitrogen and oxygen atoms in total. The van der Waals surface area contributed by atoms with Crippen molar-refractivity contribution in [3.05, 3.63) is 102 Å². The van der Waals surface area contributed by atoms with Crippen molar-refractivity contribution in [1.29, 1.82) is 0 Å². The van der Waals surface area contributed by atoms with E-state index in [1.165, 1.54) is 16.3 Å². The van der Waals surface area contributed by atoms with E-state index in [1.807, 2.05) is 55.5 Å². The summed E-state index contributed by atoms with van der Waals surface area (Å²) in [5, 5.41) is 6.17. The van der Waals surface area contributed by atoms with Crippen LogP contribution in [0.1, 0.15) is 18.1 Å². The number of piperazine rings is 1. The zero-order valence-corrected chi connectivity index (χ0v) is 19.1. The molecule has 1 saturated heterocycles. The highest BCUT2D eigenvalue weighted by Crippen LogP contribution is 2.32. The third-order valence-electron chi connectivity index (χ3n) is 6.35. The van der Waals surface area contributed by atoms with Gasteiger partial charge in [-0.3, -0.25) is 4.79 Å². The Hall–Kier alpha value is -3.86. The van der Waals surface area contributed by atoms with E-state index in [1.54, 1.807) is 0 Å². The molecule has 166 valence electrons. The maximum Gasteiger partial charge on any atom is 0.282 e. The Morgan fingerprint density at radius 3 is 2.03 bits per heavy atom. The number of hydrogen-bond acceptors (Lipinski definition) is 4. The van der Waals surface area contributed by atoms with Gasteiger partial charge in [0.1, 0.15) is 0 Å². The Morgan fingerprint density at radius 2 is 1.36 bits per heavy atom. The lowest BCUT2D eigenvalue weighted by Crippen LogP contribution is -2.46. The number of hydrogen-bond donors (Lipinski definition) is 0. The van der Waals surface area contributed by atoms with E-state index in [-0.39, 0.29) is 5.91 Å². The van der Waals surface area contributed by atoms with Gasteiger partial charge < -0.3 is 9.80 Å². The molecule has 0 spiro atoms. The molecular formula is C28H28N4O. The van der Waals surface area contributed by atoms with Crippen LogP contribution in [0.15, 0.2) is 95.6 Å². The molecule has 3 aromatic rings. The van der Waals surface area contributed by atoms with E-state index in [2.05, 4.69) is 58.2 Å². The number of nitrogens with zero attached hydrogens (tertiary/aromatic N) is 4. The maximum atomic E-state index is 13.6. The fraction of sp³-hybridized carbons (Fsp3) is 0.214. The number of hydrazone groups is 1. The molecule has 0 N–H and O–H groups in total. The summed E-state index contributed by atoms with van der Waals surface area (Å²) in [7, 11) is 0. The minimum atomic E-state index is -0.0705. The molecule has 0 unspecified atom stereocenters. The van der Waals surface area contributed by atoms with Crippen LogP contribution >= 0.6 is 0 Å². The predicted molar refractivity (Wildman–Crippen MR) is 135 cm³/mol. The summed E-state index contributed by atoms with van der Waals surface area (Å²) in [5.74, 6) is -0.0705. The average Bonchev–Trinajstić information content (AvgIpc) is 3.15. The van der Waals surface area contributed by atoms with E-state index >= 15 is 0 Å². The summed E-state index contributed by atoms with van der Waals surface area (Å²) < 4.78 is 0. The number of amides is 1. The molecule has 0 atom stereocenters. The zero-order valence-electron chi connectivity index (χ0n) is 19.1. The Bertz CT molecular complexity index is 1210. The smallest absolute Gasteiger partial charge is 0.282 e. The Kier molecular flexibility index (Phi) is 5.69. The van der Waals surface area contributed by atoms with E-state index in [4.69, 9.17) is 0 Å². The first kappa shape index (κ1) is 21.0. The molecule has 5 rings (SSSR count). The second-order valence-electron chi connectivity index (χ2n) is 8.49. The van der Waals surface area contributed by atoms with E-state index in [0.717, 1.165) is 48.8 Å². The Morgan fingerprint density at radius 1 is 0.758 bits per heavy atom. The third kappa shape index (κ3) is 4.02. The van der Waals surface area contributed by atoms with Crippen LogP contribution in [-0.4, -0.2) is 42.7 Å². The van der Waals surface area contributed by atoms with Crippen LogP contribution in [0.25, 0.3) is 5.70 Å². The van der Waals surface area contributed by atoms with Crippen molar-refractivity contribution in [3.8, 4) is 0 Å². The van der Waals surface area contributed by atoms with Gasteiger partial charge in [-0.25, -0.2) is 0 Å². The monoisotopic (exact) mass is 436 g/mol. The van der Waals surface area contributed by atoms with Crippen molar-refractivity contribution in [1.82, 2.24) is 4.90 Å². The summed E-state index contributed by atoms with van der Waals surface area (Å²) in [6, 6.07) is 28.4. The topological polar surface area (TPSA) is 39.2 Å². The van der Waals surface area contributed by atoms with Crippen molar-refractivity contribution in [3.63, 3.8) is 0 Å². The molecule has 2 heterocycles. The molecule has 33 heavy (non-hydrogen) atoms. The van der Waals surface area contributed by atoms with Crippen LogP contribution in [-0.2, 0) is 4.79 Å². The van der Waals surface area contributed by atoms with Gasteiger partial charge in [-0.15, -0.1) is 0 Å². The molecule has 0 aliphatic carbocycles. The molecule has 0 saturated carbocycles. The molecule has 0 bridgehead atoms. The highest BCUT2D eigenvalue weighted by molar-refractivity contribution is 6.33. The molecule has 0 radical (unpaired) electrons. The van der Waals surface area contributed by atoms with Gasteiger partial charge in [0.15, 0.2) is 0 Å². The lowest BCUT2D eigenvalue weighted by molar-refractivity contribution is -0.114. The van der Waals surface area contributed by atoms with Crippen LogP contribution < -0.4 is 9.91 Å². The highest BCUT2D eigenvalue weighted by atomic mass is 16.2. The van der Waals surface area contributed by atoms with Gasteiger partial charge in [0, 0.05) is 31.9 Å². The quantitative estimate of drug-likeness (QED) is 0.543. The van der Waals surface area contributed by atoms with E-state index in [9.17, 15) is 4.79 Å². The van der Waals surface area contributed by atoms with Crippen molar-refractivity contribution < 1.29 is 4.79 Å². The standard InChI is InChI=1S/C28H28N4O/c1-21-11-9-10-16-25(21)30-17-19-31(20-18-30)27(23-12-5-3-6-13-23)26-22(2)29-32(28(26)33)24-14-7-4-8-15-24/h3-16H,17-20H2,1-2H3/b27-26-. The summed E-state index contributed by atoms with van der Waals surface area (Å²) in [6.07, 6.45) is 0. The molecule has 1 amide bonds. The highest BCUT2D eigenvalue weighted by Gasteiger charge is 2.34. The SMILES string of the molecule is CC1=NN(c2ccccc2)C(=O)/C1=C(/c1ccccc1)N1CCN(c2ccccc2C)CC1. The van der Waals surface area contributed by atoms with Gasteiger partial charge in [0.25, 0.3) is 5.91 Å². The van der Waals surface area contributed by atoms with Gasteiger partial charge in [0.05, 0.1) is 22.7 Å². The largest absolute Gasteiger partial charge is 0.368 e. The molecule has 0 aromatic heterocycles. The molecule has 2 aliphatic rings. The van der Waals surface area contributed by atoms with Crippen LogP contribution in [0.4, 0.5) is 11.4 Å². The summed E-state index contributed by atoms with van der Waals surface area (Å²) in [6.45, 7) is 7.58. The number of anilines is 2. The minimum Gasteiger partial charge on any atom is -0.368 e. The summed E-state index contributed by atoms with van der Waals surface area (Å²) in [4.78, 5) is 18.4. The zero-order chi connectivity index (χ0) is 22.8. The van der Waals surface area contributed by atoms with Gasteiger partial charge in [-0.2, -0.15) is 10.1 Å². The van der Waals surface area contributed by atoms with E-state index < -0.39 is 0 Å². The fourth-order valence-corrected chi connectivity index (χ4v) is 4.69. The second-order valence-corrected chi connectivity index (χ2v) is 8.49. The number of benzene rings is 3. The predicted octanol–water partition coefficient (Wildman–Crippen LogP) is 4.95. The number of carbonyl (C=O) groups is 1. The Balaban J connectivity index is 1.49. The Labute approximate surface area is 195 Å². The lowest BCUT2D eigenvalue weighted by Gasteiger charge is -2.39. The number of carbonyl (C=O) groups excluding carboxylic acids is 1. The van der Waals surface area contributed by atoms with E-state index in [0.29, 0.717) is 5.57 Å². The van der Waals surface area contributed by atoms with Crippen LogP contribution in [0, 0.1) is 6.92 Å². The number of rotatable bonds is 4. The first-order valence-electron chi connectivity index (χ1n) is 11.4.